The number of carbonyl (C=O) groups excluding carboxylic acids is 1. The lowest BCUT2D eigenvalue weighted by Crippen LogP contribution is -2.44. The van der Waals surface area contributed by atoms with Gasteiger partial charge >= 0.3 is 0 Å². The van der Waals surface area contributed by atoms with Gasteiger partial charge in [0, 0.05) is 34.5 Å². The minimum atomic E-state index is 0.0956. The number of nitrogens with zero attached hydrogens (tertiary/aromatic N) is 1. The van der Waals surface area contributed by atoms with E-state index in [4.69, 9.17) is 17.3 Å². The van der Waals surface area contributed by atoms with Gasteiger partial charge in [-0.2, -0.15) is 0 Å². The lowest BCUT2D eigenvalue weighted by atomic mass is 9.91. The minimum Gasteiger partial charge on any atom is -0.399 e. The van der Waals surface area contributed by atoms with Gasteiger partial charge in [-0.15, -0.1) is 0 Å². The highest BCUT2D eigenvalue weighted by atomic mass is 35.5. The topological polar surface area (TPSA) is 58.4 Å². The largest absolute Gasteiger partial charge is 0.399 e. The van der Waals surface area contributed by atoms with Gasteiger partial charge in [-0.1, -0.05) is 18.5 Å². The van der Waals surface area contributed by atoms with Gasteiger partial charge in [0.1, 0.15) is 0 Å². The standard InChI is InChI=1S/C19H22ClN3O/c1-3-19(24)23-12(2)10-17(16-11-13(20)4-9-18(16)23)22-15-7-5-14(21)6-8-15/h4-9,11-12,17,22H,3,10,21H2,1-2H3/t12-,17+/m0/s1. The van der Waals surface area contributed by atoms with E-state index in [1.807, 2.05) is 54.3 Å². The molecule has 0 saturated heterocycles. The Kier molecular flexibility index (Phi) is 4.67. The van der Waals surface area contributed by atoms with Crippen LogP contribution < -0.4 is 16.0 Å². The fraction of sp³-hybridized carbons (Fsp3) is 0.316. The average molecular weight is 344 g/mol. The maximum Gasteiger partial charge on any atom is 0.226 e. The van der Waals surface area contributed by atoms with E-state index < -0.39 is 0 Å². The number of anilines is 3. The molecule has 2 atom stereocenters. The van der Waals surface area contributed by atoms with Crippen LogP contribution in [0.2, 0.25) is 5.02 Å². The summed E-state index contributed by atoms with van der Waals surface area (Å²) in [6.45, 7) is 3.98. The van der Waals surface area contributed by atoms with Gasteiger partial charge < -0.3 is 16.0 Å². The number of benzene rings is 2. The summed E-state index contributed by atoms with van der Waals surface area (Å²) in [6, 6.07) is 13.6. The fourth-order valence-electron chi connectivity index (χ4n) is 3.30. The van der Waals surface area contributed by atoms with Gasteiger partial charge in [-0.05, 0) is 61.4 Å². The first kappa shape index (κ1) is 16.7. The van der Waals surface area contributed by atoms with E-state index in [2.05, 4.69) is 12.2 Å². The number of hydrogen-bond donors (Lipinski definition) is 2. The van der Waals surface area contributed by atoms with Crippen molar-refractivity contribution < 1.29 is 4.79 Å². The summed E-state index contributed by atoms with van der Waals surface area (Å²) in [7, 11) is 0. The van der Waals surface area contributed by atoms with E-state index in [1.165, 1.54) is 0 Å². The second kappa shape index (κ2) is 6.73. The molecule has 1 amide bonds. The molecule has 2 aromatic carbocycles. The second-order valence-corrected chi connectivity index (χ2v) is 6.66. The zero-order valence-electron chi connectivity index (χ0n) is 13.9. The molecule has 1 heterocycles. The Balaban J connectivity index is 1.98. The molecule has 0 radical (unpaired) electrons. The number of carbonyl (C=O) groups is 1. The van der Waals surface area contributed by atoms with Crippen molar-refractivity contribution in [1.29, 1.82) is 0 Å². The summed E-state index contributed by atoms with van der Waals surface area (Å²) in [5.41, 5.74) is 9.49. The number of nitrogens with one attached hydrogen (secondary N) is 1. The third-order valence-electron chi connectivity index (χ3n) is 4.46. The predicted molar refractivity (Wildman–Crippen MR) is 101 cm³/mol. The van der Waals surface area contributed by atoms with Crippen LogP contribution >= 0.6 is 11.6 Å². The molecule has 0 saturated carbocycles. The number of halogens is 1. The molecule has 0 unspecified atom stereocenters. The Bertz CT molecular complexity index is 745. The van der Waals surface area contributed by atoms with Crippen molar-refractivity contribution in [2.45, 2.75) is 38.8 Å². The Morgan fingerprint density at radius 2 is 2.00 bits per heavy atom. The maximum absolute atomic E-state index is 12.4. The van der Waals surface area contributed by atoms with Crippen LogP contribution in [0.25, 0.3) is 0 Å². The smallest absolute Gasteiger partial charge is 0.226 e. The van der Waals surface area contributed by atoms with E-state index in [9.17, 15) is 4.79 Å². The molecule has 0 spiro atoms. The molecule has 24 heavy (non-hydrogen) atoms. The summed E-state index contributed by atoms with van der Waals surface area (Å²) in [5, 5.41) is 4.22. The van der Waals surface area contributed by atoms with Crippen molar-refractivity contribution >= 4 is 34.6 Å². The van der Waals surface area contributed by atoms with Crippen LogP contribution in [0.5, 0.6) is 0 Å². The van der Waals surface area contributed by atoms with Crippen LogP contribution in [0.1, 0.15) is 38.3 Å². The molecular formula is C19H22ClN3O. The third kappa shape index (κ3) is 3.20. The Morgan fingerprint density at radius 3 is 2.67 bits per heavy atom. The maximum atomic E-state index is 12.4. The first-order valence-electron chi connectivity index (χ1n) is 8.23. The average Bonchev–Trinajstić information content (AvgIpc) is 2.57. The van der Waals surface area contributed by atoms with Crippen LogP contribution in [-0.2, 0) is 4.79 Å². The molecule has 126 valence electrons. The lowest BCUT2D eigenvalue weighted by molar-refractivity contribution is -0.118. The number of hydrogen-bond acceptors (Lipinski definition) is 3. The van der Waals surface area contributed by atoms with Crippen LogP contribution in [0.3, 0.4) is 0 Å². The highest BCUT2D eigenvalue weighted by Crippen LogP contribution is 2.40. The number of fused-ring (bicyclic) bond motifs is 1. The number of nitrogens with two attached hydrogens (primary N) is 1. The molecule has 0 aliphatic carbocycles. The summed E-state index contributed by atoms with van der Waals surface area (Å²) >= 11 is 6.22. The molecule has 3 rings (SSSR count). The minimum absolute atomic E-state index is 0.0956. The predicted octanol–water partition coefficient (Wildman–Crippen LogP) is 4.61. The number of amides is 1. The Labute approximate surface area is 147 Å². The Morgan fingerprint density at radius 1 is 1.29 bits per heavy atom. The molecule has 4 nitrogen and oxygen atoms in total. The molecule has 5 heteroatoms. The van der Waals surface area contributed by atoms with Crippen molar-refractivity contribution in [1.82, 2.24) is 0 Å². The van der Waals surface area contributed by atoms with Gasteiger partial charge in [0.25, 0.3) is 0 Å². The zero-order valence-corrected chi connectivity index (χ0v) is 14.7. The summed E-state index contributed by atoms with van der Waals surface area (Å²) in [6.07, 6.45) is 1.31. The summed E-state index contributed by atoms with van der Waals surface area (Å²) in [5.74, 6) is 0.136. The van der Waals surface area contributed by atoms with Crippen LogP contribution in [0.15, 0.2) is 42.5 Å². The van der Waals surface area contributed by atoms with Crippen molar-refractivity contribution in [3.05, 3.63) is 53.1 Å². The number of rotatable bonds is 3. The normalized spacial score (nSPS) is 19.7. The quantitative estimate of drug-likeness (QED) is 0.800. The van der Waals surface area contributed by atoms with Crippen LogP contribution in [-0.4, -0.2) is 11.9 Å². The first-order valence-corrected chi connectivity index (χ1v) is 8.61. The molecule has 2 aromatic rings. The molecular weight excluding hydrogens is 322 g/mol. The molecule has 1 aliphatic rings. The van der Waals surface area contributed by atoms with Gasteiger partial charge in [-0.25, -0.2) is 0 Å². The van der Waals surface area contributed by atoms with E-state index in [1.54, 1.807) is 0 Å². The third-order valence-corrected chi connectivity index (χ3v) is 4.70. The highest BCUT2D eigenvalue weighted by molar-refractivity contribution is 6.30. The lowest BCUT2D eigenvalue weighted by Gasteiger charge is -2.40. The number of nitrogen functional groups attached to an aromatic ring is 1. The van der Waals surface area contributed by atoms with Crippen LogP contribution in [0, 0.1) is 0 Å². The highest BCUT2D eigenvalue weighted by Gasteiger charge is 2.33. The molecule has 3 N–H and O–H groups in total. The van der Waals surface area contributed by atoms with Gasteiger partial charge in [0.15, 0.2) is 0 Å². The monoisotopic (exact) mass is 343 g/mol. The SMILES string of the molecule is CCC(=O)N1c2ccc(Cl)cc2[C@H](Nc2ccc(N)cc2)C[C@@H]1C. The zero-order chi connectivity index (χ0) is 17.3. The molecule has 0 bridgehead atoms. The van der Waals surface area contributed by atoms with Crippen molar-refractivity contribution in [3.63, 3.8) is 0 Å². The summed E-state index contributed by atoms with van der Waals surface area (Å²) in [4.78, 5) is 14.3. The van der Waals surface area contributed by atoms with E-state index in [0.29, 0.717) is 11.4 Å². The molecule has 0 aromatic heterocycles. The first-order chi connectivity index (χ1) is 11.5. The van der Waals surface area contributed by atoms with Crippen molar-refractivity contribution in [2.24, 2.45) is 0 Å². The van der Waals surface area contributed by atoms with Gasteiger partial charge in [-0.3, -0.25) is 4.79 Å². The Hall–Kier alpha value is -2.20. The molecule has 0 fully saturated rings. The van der Waals surface area contributed by atoms with E-state index in [-0.39, 0.29) is 18.0 Å². The molecule has 1 aliphatic heterocycles. The van der Waals surface area contributed by atoms with Crippen molar-refractivity contribution in [2.75, 3.05) is 16.0 Å². The van der Waals surface area contributed by atoms with Crippen LogP contribution in [0.4, 0.5) is 17.1 Å². The summed E-state index contributed by atoms with van der Waals surface area (Å²) < 4.78 is 0. The van der Waals surface area contributed by atoms with E-state index in [0.717, 1.165) is 29.0 Å². The van der Waals surface area contributed by atoms with E-state index >= 15 is 0 Å². The van der Waals surface area contributed by atoms with Gasteiger partial charge in [0.2, 0.25) is 5.91 Å². The fourth-order valence-corrected chi connectivity index (χ4v) is 3.48. The van der Waals surface area contributed by atoms with Gasteiger partial charge in [0.05, 0.1) is 6.04 Å². The van der Waals surface area contributed by atoms with Crippen molar-refractivity contribution in [3.8, 4) is 0 Å². The second-order valence-electron chi connectivity index (χ2n) is 6.22.